The van der Waals surface area contributed by atoms with E-state index in [0.29, 0.717) is 11.4 Å². The summed E-state index contributed by atoms with van der Waals surface area (Å²) in [6, 6.07) is 7.21. The van der Waals surface area contributed by atoms with Gasteiger partial charge in [-0.15, -0.1) is 0 Å². The molecular formula is C11H15ClO2. The Labute approximate surface area is 89.1 Å². The van der Waals surface area contributed by atoms with Crippen LogP contribution in [0.5, 0.6) is 0 Å². The van der Waals surface area contributed by atoms with Gasteiger partial charge in [-0.1, -0.05) is 43.1 Å². The average molecular weight is 215 g/mol. The number of halogens is 1. The maximum absolute atomic E-state index is 9.59. The predicted octanol–water partition coefficient (Wildman–Crippen LogP) is 2.36. The van der Waals surface area contributed by atoms with E-state index in [1.165, 1.54) is 0 Å². The molecule has 0 aliphatic rings. The zero-order valence-electron chi connectivity index (χ0n) is 8.20. The van der Waals surface area contributed by atoms with Crippen LogP contribution in [-0.2, 0) is 6.42 Å². The van der Waals surface area contributed by atoms with Crippen molar-refractivity contribution >= 4 is 11.6 Å². The molecule has 3 heteroatoms. The fourth-order valence-corrected chi connectivity index (χ4v) is 1.64. The molecule has 0 saturated heterocycles. The topological polar surface area (TPSA) is 40.5 Å². The summed E-state index contributed by atoms with van der Waals surface area (Å²) in [5.41, 5.74) is 0.771. The molecule has 0 aliphatic heterocycles. The van der Waals surface area contributed by atoms with E-state index in [2.05, 4.69) is 0 Å². The molecular weight excluding hydrogens is 200 g/mol. The number of aliphatic hydroxyl groups is 2. The van der Waals surface area contributed by atoms with Crippen LogP contribution in [0.2, 0.25) is 5.02 Å². The van der Waals surface area contributed by atoms with E-state index in [0.717, 1.165) is 12.0 Å². The molecule has 0 saturated carbocycles. The molecule has 0 unspecified atom stereocenters. The highest BCUT2D eigenvalue weighted by Crippen LogP contribution is 2.22. The number of benzene rings is 1. The van der Waals surface area contributed by atoms with Gasteiger partial charge in [0.1, 0.15) is 0 Å². The number of rotatable bonds is 4. The summed E-state index contributed by atoms with van der Waals surface area (Å²) >= 11 is 5.91. The van der Waals surface area contributed by atoms with E-state index in [1.807, 2.05) is 19.1 Å². The lowest BCUT2D eigenvalue weighted by molar-refractivity contribution is -0.164. The summed E-state index contributed by atoms with van der Waals surface area (Å²) in [6.45, 7) is 1.91. The van der Waals surface area contributed by atoms with Crippen LogP contribution in [0, 0.1) is 0 Å². The Bertz CT molecular complexity index is 297. The second-order valence-electron chi connectivity index (χ2n) is 3.50. The van der Waals surface area contributed by atoms with E-state index < -0.39 is 5.79 Å². The SMILES string of the molecule is CCCC(O)(O)Cc1ccccc1Cl. The van der Waals surface area contributed by atoms with Crippen molar-refractivity contribution in [3.05, 3.63) is 34.9 Å². The van der Waals surface area contributed by atoms with E-state index in [4.69, 9.17) is 11.6 Å². The highest BCUT2D eigenvalue weighted by molar-refractivity contribution is 6.31. The first-order chi connectivity index (χ1) is 6.55. The lowest BCUT2D eigenvalue weighted by Crippen LogP contribution is -2.30. The van der Waals surface area contributed by atoms with Crippen LogP contribution in [0.1, 0.15) is 25.3 Å². The van der Waals surface area contributed by atoms with Gasteiger partial charge in [0, 0.05) is 17.9 Å². The van der Waals surface area contributed by atoms with Crippen LogP contribution in [0.3, 0.4) is 0 Å². The third kappa shape index (κ3) is 3.29. The predicted molar refractivity (Wildman–Crippen MR) is 57.2 cm³/mol. The van der Waals surface area contributed by atoms with Crippen molar-refractivity contribution in [2.75, 3.05) is 0 Å². The second-order valence-corrected chi connectivity index (χ2v) is 3.91. The van der Waals surface area contributed by atoms with E-state index >= 15 is 0 Å². The molecule has 1 aromatic carbocycles. The van der Waals surface area contributed by atoms with Gasteiger partial charge in [-0.2, -0.15) is 0 Å². The van der Waals surface area contributed by atoms with Crippen LogP contribution < -0.4 is 0 Å². The molecule has 1 rings (SSSR count). The second kappa shape index (κ2) is 4.78. The highest BCUT2D eigenvalue weighted by atomic mass is 35.5. The fraction of sp³-hybridized carbons (Fsp3) is 0.455. The Kier molecular flexibility index (Phi) is 3.93. The lowest BCUT2D eigenvalue weighted by Gasteiger charge is -2.21. The van der Waals surface area contributed by atoms with Crippen molar-refractivity contribution < 1.29 is 10.2 Å². The van der Waals surface area contributed by atoms with Gasteiger partial charge in [0.2, 0.25) is 0 Å². The Balaban J connectivity index is 2.73. The summed E-state index contributed by atoms with van der Waals surface area (Å²) in [5.74, 6) is -1.64. The van der Waals surface area contributed by atoms with Crippen LogP contribution >= 0.6 is 11.6 Å². The van der Waals surface area contributed by atoms with Gasteiger partial charge in [-0.3, -0.25) is 0 Å². The Morgan fingerprint density at radius 3 is 2.50 bits per heavy atom. The smallest absolute Gasteiger partial charge is 0.166 e. The minimum Gasteiger partial charge on any atom is -0.365 e. The molecule has 14 heavy (non-hydrogen) atoms. The molecule has 0 atom stereocenters. The summed E-state index contributed by atoms with van der Waals surface area (Å²) in [4.78, 5) is 0. The first-order valence-corrected chi connectivity index (χ1v) is 5.11. The molecule has 78 valence electrons. The maximum Gasteiger partial charge on any atom is 0.166 e. The average Bonchev–Trinajstić information content (AvgIpc) is 2.08. The summed E-state index contributed by atoms with van der Waals surface area (Å²) in [5, 5.41) is 19.8. The monoisotopic (exact) mass is 214 g/mol. The minimum atomic E-state index is -1.64. The summed E-state index contributed by atoms with van der Waals surface area (Å²) in [6.07, 6.45) is 1.27. The summed E-state index contributed by atoms with van der Waals surface area (Å²) < 4.78 is 0. The summed E-state index contributed by atoms with van der Waals surface area (Å²) in [7, 11) is 0. The molecule has 0 fully saturated rings. The first kappa shape index (κ1) is 11.5. The highest BCUT2D eigenvalue weighted by Gasteiger charge is 2.22. The molecule has 2 N–H and O–H groups in total. The Morgan fingerprint density at radius 1 is 1.29 bits per heavy atom. The zero-order valence-corrected chi connectivity index (χ0v) is 8.96. The molecule has 2 nitrogen and oxygen atoms in total. The minimum absolute atomic E-state index is 0.181. The number of hydrogen-bond donors (Lipinski definition) is 2. The molecule has 0 amide bonds. The van der Waals surface area contributed by atoms with Gasteiger partial charge < -0.3 is 10.2 Å². The van der Waals surface area contributed by atoms with Crippen molar-refractivity contribution in [2.24, 2.45) is 0 Å². The van der Waals surface area contributed by atoms with Crippen molar-refractivity contribution in [3.63, 3.8) is 0 Å². The Morgan fingerprint density at radius 2 is 1.93 bits per heavy atom. The normalized spacial score (nSPS) is 11.7. The fourth-order valence-electron chi connectivity index (χ4n) is 1.44. The Hall–Kier alpha value is -0.570. The third-order valence-corrected chi connectivity index (χ3v) is 2.45. The van der Waals surface area contributed by atoms with Gasteiger partial charge in [0.15, 0.2) is 5.79 Å². The molecule has 0 aliphatic carbocycles. The first-order valence-electron chi connectivity index (χ1n) is 4.73. The lowest BCUT2D eigenvalue weighted by atomic mass is 10.0. The van der Waals surface area contributed by atoms with Gasteiger partial charge in [-0.05, 0) is 11.6 Å². The molecule has 0 heterocycles. The molecule has 0 spiro atoms. The van der Waals surface area contributed by atoms with E-state index in [1.54, 1.807) is 12.1 Å². The van der Waals surface area contributed by atoms with Crippen molar-refractivity contribution in [1.82, 2.24) is 0 Å². The molecule has 0 bridgehead atoms. The van der Waals surface area contributed by atoms with Crippen molar-refractivity contribution in [1.29, 1.82) is 0 Å². The van der Waals surface area contributed by atoms with Crippen molar-refractivity contribution in [3.8, 4) is 0 Å². The van der Waals surface area contributed by atoms with Crippen LogP contribution in [0.4, 0.5) is 0 Å². The van der Waals surface area contributed by atoms with Crippen molar-refractivity contribution in [2.45, 2.75) is 32.0 Å². The van der Waals surface area contributed by atoms with Gasteiger partial charge in [-0.25, -0.2) is 0 Å². The van der Waals surface area contributed by atoms with Gasteiger partial charge in [0.05, 0.1) is 0 Å². The van der Waals surface area contributed by atoms with Crippen LogP contribution in [-0.4, -0.2) is 16.0 Å². The van der Waals surface area contributed by atoms with E-state index in [-0.39, 0.29) is 6.42 Å². The largest absolute Gasteiger partial charge is 0.365 e. The molecule has 0 radical (unpaired) electrons. The number of hydrogen-bond acceptors (Lipinski definition) is 2. The van der Waals surface area contributed by atoms with E-state index in [9.17, 15) is 10.2 Å². The van der Waals surface area contributed by atoms with Crippen LogP contribution in [0.25, 0.3) is 0 Å². The quantitative estimate of drug-likeness (QED) is 0.756. The van der Waals surface area contributed by atoms with Gasteiger partial charge in [0.25, 0.3) is 0 Å². The maximum atomic E-state index is 9.59. The van der Waals surface area contributed by atoms with Gasteiger partial charge >= 0.3 is 0 Å². The molecule has 1 aromatic rings. The van der Waals surface area contributed by atoms with Crippen LogP contribution in [0.15, 0.2) is 24.3 Å². The molecule has 0 aromatic heterocycles. The third-order valence-electron chi connectivity index (χ3n) is 2.08. The zero-order chi connectivity index (χ0) is 10.6. The standard InChI is InChI=1S/C11H15ClO2/c1-2-7-11(13,14)8-9-5-3-4-6-10(9)12/h3-6,13-14H,2,7-8H2,1H3.